The fourth-order valence-corrected chi connectivity index (χ4v) is 2.42. The zero-order chi connectivity index (χ0) is 16.8. The fraction of sp³-hybridized carbons (Fsp3) is 0.733. The molecule has 1 aromatic heterocycles. The van der Waals surface area contributed by atoms with Crippen LogP contribution in [0.5, 0.6) is 6.01 Å². The van der Waals surface area contributed by atoms with Crippen LogP contribution < -0.4 is 14.5 Å². The van der Waals surface area contributed by atoms with Crippen LogP contribution in [0.15, 0.2) is 0 Å². The Morgan fingerprint density at radius 1 is 1.09 bits per heavy atom. The summed E-state index contributed by atoms with van der Waals surface area (Å²) < 4.78 is 5.21. The molecule has 2 heterocycles. The first kappa shape index (κ1) is 17.2. The summed E-state index contributed by atoms with van der Waals surface area (Å²) in [4.78, 5) is 30.5. The summed E-state index contributed by atoms with van der Waals surface area (Å²) in [6.07, 6.45) is 4.75. The predicted octanol–water partition coefficient (Wildman–Crippen LogP) is 0.785. The third-order valence-electron chi connectivity index (χ3n) is 3.88. The molecule has 23 heavy (non-hydrogen) atoms. The number of ether oxygens (including phenoxy) is 1. The SMILES string of the molecule is COc1nc(N(C)CC(=O)N(C)C)nc(N2CCCCCC2)n1. The molecule has 0 bridgehead atoms. The second-order valence-electron chi connectivity index (χ2n) is 5.97. The molecule has 1 amide bonds. The Morgan fingerprint density at radius 3 is 2.30 bits per heavy atom. The fourth-order valence-electron chi connectivity index (χ4n) is 2.42. The van der Waals surface area contributed by atoms with Crippen molar-refractivity contribution >= 4 is 17.8 Å². The molecule has 1 aromatic rings. The average Bonchev–Trinajstić information content (AvgIpc) is 2.83. The largest absolute Gasteiger partial charge is 0.467 e. The summed E-state index contributed by atoms with van der Waals surface area (Å²) in [5, 5.41) is 0. The highest BCUT2D eigenvalue weighted by Crippen LogP contribution is 2.20. The molecule has 1 fully saturated rings. The number of carbonyl (C=O) groups excluding carboxylic acids is 1. The highest BCUT2D eigenvalue weighted by Gasteiger charge is 2.18. The van der Waals surface area contributed by atoms with Crippen molar-refractivity contribution in [2.24, 2.45) is 0 Å². The first-order valence-electron chi connectivity index (χ1n) is 7.97. The second kappa shape index (κ2) is 7.94. The molecule has 8 nitrogen and oxygen atoms in total. The molecule has 0 unspecified atom stereocenters. The van der Waals surface area contributed by atoms with Gasteiger partial charge in [0.05, 0.1) is 13.7 Å². The Labute approximate surface area is 137 Å². The van der Waals surface area contributed by atoms with Crippen LogP contribution in [0, 0.1) is 0 Å². The molecule has 0 saturated carbocycles. The van der Waals surface area contributed by atoms with E-state index < -0.39 is 0 Å². The van der Waals surface area contributed by atoms with Gasteiger partial charge in [-0.25, -0.2) is 0 Å². The number of methoxy groups -OCH3 is 1. The molecule has 128 valence electrons. The molecule has 0 N–H and O–H groups in total. The lowest BCUT2D eigenvalue weighted by Gasteiger charge is -2.23. The van der Waals surface area contributed by atoms with Crippen molar-refractivity contribution in [1.29, 1.82) is 0 Å². The van der Waals surface area contributed by atoms with Crippen LogP contribution >= 0.6 is 0 Å². The van der Waals surface area contributed by atoms with Crippen molar-refractivity contribution < 1.29 is 9.53 Å². The molecule has 1 aliphatic rings. The van der Waals surface area contributed by atoms with Crippen LogP contribution in [0.25, 0.3) is 0 Å². The Bertz CT molecular complexity index is 529. The maximum atomic E-state index is 11.9. The van der Waals surface area contributed by atoms with Gasteiger partial charge in [-0.3, -0.25) is 4.79 Å². The Kier molecular flexibility index (Phi) is 5.95. The zero-order valence-electron chi connectivity index (χ0n) is 14.4. The van der Waals surface area contributed by atoms with Gasteiger partial charge in [0.15, 0.2) is 0 Å². The Hall–Kier alpha value is -2.12. The van der Waals surface area contributed by atoms with Gasteiger partial charge in [0.25, 0.3) is 0 Å². The van der Waals surface area contributed by atoms with Crippen LogP contribution in [0.2, 0.25) is 0 Å². The van der Waals surface area contributed by atoms with E-state index in [1.54, 1.807) is 30.9 Å². The maximum absolute atomic E-state index is 11.9. The number of anilines is 2. The molecule has 0 spiro atoms. The molecule has 0 radical (unpaired) electrons. The molecule has 0 atom stereocenters. The Morgan fingerprint density at radius 2 is 1.74 bits per heavy atom. The van der Waals surface area contributed by atoms with E-state index in [0.717, 1.165) is 25.9 Å². The number of hydrogen-bond donors (Lipinski definition) is 0. The van der Waals surface area contributed by atoms with Gasteiger partial charge >= 0.3 is 6.01 Å². The van der Waals surface area contributed by atoms with Crippen LogP contribution in [0.4, 0.5) is 11.9 Å². The lowest BCUT2D eigenvalue weighted by molar-refractivity contribution is -0.127. The van der Waals surface area contributed by atoms with Gasteiger partial charge in [0.2, 0.25) is 17.8 Å². The molecule has 8 heteroatoms. The number of rotatable bonds is 5. The van der Waals surface area contributed by atoms with E-state index >= 15 is 0 Å². The topological polar surface area (TPSA) is 74.7 Å². The van der Waals surface area contributed by atoms with Crippen LogP contribution in [0.3, 0.4) is 0 Å². The van der Waals surface area contributed by atoms with Gasteiger partial charge < -0.3 is 19.4 Å². The van der Waals surface area contributed by atoms with Crippen molar-refractivity contribution in [2.75, 3.05) is 57.7 Å². The lowest BCUT2D eigenvalue weighted by Crippen LogP contribution is -2.35. The van der Waals surface area contributed by atoms with Crippen molar-refractivity contribution in [3.8, 4) is 6.01 Å². The molecule has 0 aliphatic carbocycles. The van der Waals surface area contributed by atoms with Crippen molar-refractivity contribution in [1.82, 2.24) is 19.9 Å². The summed E-state index contributed by atoms with van der Waals surface area (Å²) >= 11 is 0. The third kappa shape index (κ3) is 4.67. The first-order chi connectivity index (χ1) is 11.0. The van der Waals surface area contributed by atoms with Gasteiger partial charge in [-0.05, 0) is 12.8 Å². The zero-order valence-corrected chi connectivity index (χ0v) is 14.4. The van der Waals surface area contributed by atoms with E-state index in [4.69, 9.17) is 4.74 Å². The van der Waals surface area contributed by atoms with Crippen LogP contribution in [0.1, 0.15) is 25.7 Å². The standard InChI is InChI=1S/C15H26N6O2/c1-19(2)12(22)11-20(3)13-16-14(18-15(17-13)23-4)21-9-7-5-6-8-10-21/h5-11H2,1-4H3. The summed E-state index contributed by atoms with van der Waals surface area (Å²) in [7, 11) is 6.79. The molecule has 2 rings (SSSR count). The van der Waals surface area contributed by atoms with Gasteiger partial charge in [0, 0.05) is 34.2 Å². The smallest absolute Gasteiger partial charge is 0.322 e. The van der Waals surface area contributed by atoms with Gasteiger partial charge in [0.1, 0.15) is 0 Å². The van der Waals surface area contributed by atoms with E-state index in [1.807, 2.05) is 0 Å². The number of nitrogens with zero attached hydrogens (tertiary/aromatic N) is 6. The minimum Gasteiger partial charge on any atom is -0.467 e. The van der Waals surface area contributed by atoms with Crippen LogP contribution in [-0.2, 0) is 4.79 Å². The van der Waals surface area contributed by atoms with E-state index in [0.29, 0.717) is 11.9 Å². The minimum atomic E-state index is -0.0109. The molecular weight excluding hydrogens is 296 g/mol. The van der Waals surface area contributed by atoms with Gasteiger partial charge in [-0.1, -0.05) is 12.8 Å². The normalized spacial score (nSPS) is 15.0. The highest BCUT2D eigenvalue weighted by atomic mass is 16.5. The maximum Gasteiger partial charge on any atom is 0.322 e. The number of aromatic nitrogens is 3. The summed E-state index contributed by atoms with van der Waals surface area (Å²) in [6.45, 7) is 2.08. The molecule has 1 saturated heterocycles. The summed E-state index contributed by atoms with van der Waals surface area (Å²) in [6, 6.07) is 0.276. The number of hydrogen-bond acceptors (Lipinski definition) is 7. The highest BCUT2D eigenvalue weighted by molar-refractivity contribution is 5.80. The summed E-state index contributed by atoms with van der Waals surface area (Å²) in [5.74, 6) is 1.06. The molecule has 1 aliphatic heterocycles. The van der Waals surface area contributed by atoms with Gasteiger partial charge in [-0.2, -0.15) is 15.0 Å². The van der Waals surface area contributed by atoms with E-state index in [-0.39, 0.29) is 18.5 Å². The third-order valence-corrected chi connectivity index (χ3v) is 3.88. The van der Waals surface area contributed by atoms with Crippen molar-refractivity contribution in [3.63, 3.8) is 0 Å². The Balaban J connectivity index is 2.22. The quantitative estimate of drug-likeness (QED) is 0.793. The first-order valence-corrected chi connectivity index (χ1v) is 7.97. The minimum absolute atomic E-state index is 0.0109. The van der Waals surface area contributed by atoms with E-state index in [1.165, 1.54) is 20.0 Å². The monoisotopic (exact) mass is 322 g/mol. The molecule has 0 aromatic carbocycles. The molecular formula is C15H26N6O2. The predicted molar refractivity (Wildman–Crippen MR) is 89.0 cm³/mol. The van der Waals surface area contributed by atoms with Crippen LogP contribution in [-0.4, -0.2) is 73.6 Å². The number of amides is 1. The number of likely N-dealkylation sites (N-methyl/N-ethyl adjacent to an activating group) is 2. The van der Waals surface area contributed by atoms with Gasteiger partial charge in [-0.15, -0.1) is 0 Å². The number of carbonyl (C=O) groups is 1. The lowest BCUT2D eigenvalue weighted by atomic mass is 10.2. The van der Waals surface area contributed by atoms with Crippen molar-refractivity contribution in [3.05, 3.63) is 0 Å². The second-order valence-corrected chi connectivity index (χ2v) is 5.97. The van der Waals surface area contributed by atoms with E-state index in [2.05, 4.69) is 19.9 Å². The van der Waals surface area contributed by atoms with Crippen molar-refractivity contribution in [2.45, 2.75) is 25.7 Å². The summed E-state index contributed by atoms with van der Waals surface area (Å²) in [5.41, 5.74) is 0. The average molecular weight is 322 g/mol. The van der Waals surface area contributed by atoms with E-state index in [9.17, 15) is 4.79 Å².